The normalized spacial score (nSPS) is 25.5. The molecule has 43 heavy (non-hydrogen) atoms. The number of nitrogens with one attached hydrogen (secondary N) is 1. The first-order chi connectivity index (χ1) is 20.9. The van der Waals surface area contributed by atoms with Gasteiger partial charge in [0.25, 0.3) is 5.88 Å². The van der Waals surface area contributed by atoms with Crippen molar-refractivity contribution in [2.75, 3.05) is 31.1 Å². The number of benzene rings is 1. The van der Waals surface area contributed by atoms with Gasteiger partial charge < -0.3 is 15.0 Å². The molecular formula is C33H41FN8O. The lowest BCUT2D eigenvalue weighted by Gasteiger charge is -2.57. The fraction of sp³-hybridized carbons (Fsp3) is 0.606. The second-order valence-corrected chi connectivity index (χ2v) is 14.1. The molecule has 1 N–H and O–H groups in total. The second kappa shape index (κ2) is 10.7. The average molecular weight is 585 g/mol. The minimum Gasteiger partial charge on any atom is -0.434 e. The Morgan fingerprint density at radius 3 is 2.60 bits per heavy atom. The van der Waals surface area contributed by atoms with E-state index in [1.165, 1.54) is 44.1 Å². The van der Waals surface area contributed by atoms with Crippen molar-refractivity contribution < 1.29 is 9.13 Å². The lowest BCUT2D eigenvalue weighted by atomic mass is 9.68. The van der Waals surface area contributed by atoms with Gasteiger partial charge in [-0.05, 0) is 75.0 Å². The number of hydrogen-bond acceptors (Lipinski definition) is 9. The van der Waals surface area contributed by atoms with E-state index in [2.05, 4.69) is 54.1 Å². The maximum atomic E-state index is 14.5. The van der Waals surface area contributed by atoms with E-state index in [0.717, 1.165) is 74.7 Å². The van der Waals surface area contributed by atoms with Gasteiger partial charge in [-0.15, -0.1) is 10.2 Å². The Labute approximate surface area is 252 Å². The van der Waals surface area contributed by atoms with E-state index in [1.807, 2.05) is 0 Å². The highest BCUT2D eigenvalue weighted by atomic mass is 19.1. The van der Waals surface area contributed by atoms with E-state index in [9.17, 15) is 4.39 Å². The van der Waals surface area contributed by atoms with Gasteiger partial charge in [0.05, 0.1) is 5.69 Å². The van der Waals surface area contributed by atoms with Crippen LogP contribution in [0.5, 0.6) is 11.6 Å². The first kappa shape index (κ1) is 27.3. The minimum absolute atomic E-state index is 0.270. The molecule has 1 spiro atoms. The van der Waals surface area contributed by atoms with Crippen LogP contribution in [0.15, 0.2) is 37.1 Å². The largest absolute Gasteiger partial charge is 0.434 e. The molecule has 5 aliphatic rings. The van der Waals surface area contributed by atoms with Gasteiger partial charge >= 0.3 is 0 Å². The smallest absolute Gasteiger partial charge is 0.282 e. The Kier molecular flexibility index (Phi) is 6.82. The molecule has 1 aromatic carbocycles. The number of halogens is 1. The molecule has 3 aliphatic carbocycles. The van der Waals surface area contributed by atoms with Crippen molar-refractivity contribution in [3.8, 4) is 22.8 Å². The quantitative estimate of drug-likeness (QED) is 0.345. The van der Waals surface area contributed by atoms with Gasteiger partial charge in [-0.2, -0.15) is 0 Å². The number of anilines is 1. The number of ether oxygens (including phenoxy) is 1. The molecular weight excluding hydrogens is 543 g/mol. The van der Waals surface area contributed by atoms with Gasteiger partial charge in [0.1, 0.15) is 24.2 Å². The number of likely N-dealkylation sites (tertiary alicyclic amines) is 1. The van der Waals surface area contributed by atoms with Crippen molar-refractivity contribution in [1.82, 2.24) is 35.4 Å². The summed E-state index contributed by atoms with van der Waals surface area (Å²) in [6, 6.07) is 6.75. The van der Waals surface area contributed by atoms with Gasteiger partial charge in [0, 0.05) is 73.0 Å². The van der Waals surface area contributed by atoms with Crippen LogP contribution in [0.25, 0.3) is 11.1 Å². The molecule has 2 aliphatic heterocycles. The maximum Gasteiger partial charge on any atom is 0.282 e. The fourth-order valence-corrected chi connectivity index (χ4v) is 8.00. The summed E-state index contributed by atoms with van der Waals surface area (Å²) in [4.78, 5) is 18.5. The molecule has 0 bridgehead atoms. The van der Waals surface area contributed by atoms with E-state index in [1.54, 1.807) is 18.6 Å². The number of rotatable bonds is 10. The van der Waals surface area contributed by atoms with Crippen molar-refractivity contribution >= 4 is 5.82 Å². The Morgan fingerprint density at radius 2 is 1.84 bits per heavy atom. The summed E-state index contributed by atoms with van der Waals surface area (Å²) in [5, 5.41) is 12.2. The van der Waals surface area contributed by atoms with Gasteiger partial charge in [-0.1, -0.05) is 13.8 Å². The van der Waals surface area contributed by atoms with Crippen molar-refractivity contribution in [1.29, 1.82) is 0 Å². The van der Waals surface area contributed by atoms with Gasteiger partial charge in [0.15, 0.2) is 5.82 Å². The molecule has 226 valence electrons. The molecule has 4 heterocycles. The van der Waals surface area contributed by atoms with Crippen LogP contribution in [-0.2, 0) is 0 Å². The summed E-state index contributed by atoms with van der Waals surface area (Å²) >= 11 is 0. The summed E-state index contributed by atoms with van der Waals surface area (Å²) in [5.41, 5.74) is 2.63. The predicted octanol–water partition coefficient (Wildman–Crippen LogP) is 5.20. The van der Waals surface area contributed by atoms with E-state index in [4.69, 9.17) is 4.74 Å². The average Bonchev–Trinajstić information content (AvgIpc) is 3.91. The van der Waals surface area contributed by atoms with E-state index >= 15 is 0 Å². The standard InChI is InChI=1S/C33H41FN8O/c1-20(2)30(22-11-25(12-22)39-24-6-7-24)42-16-33(17-42)9-10-41(15-33)31-32(40-38-19-37-31)43-28-8-5-23(34)13-26(28)27-14-35-18-36-29(27)21-3-4-21/h5,8,13-14,18-22,24-25,30,39H,3-4,6-7,9-12,15-17H2,1-2H3/t22?,25?,30-/m1/s1. The van der Waals surface area contributed by atoms with Crippen LogP contribution in [-0.4, -0.2) is 74.4 Å². The fourth-order valence-electron chi connectivity index (χ4n) is 8.00. The summed E-state index contributed by atoms with van der Waals surface area (Å²) in [6.45, 7) is 8.90. The van der Waals surface area contributed by atoms with Crippen LogP contribution in [0.1, 0.15) is 70.4 Å². The van der Waals surface area contributed by atoms with E-state index in [-0.39, 0.29) is 11.2 Å². The van der Waals surface area contributed by atoms with Crippen molar-refractivity contribution in [2.24, 2.45) is 17.3 Å². The molecule has 1 atom stereocenters. The van der Waals surface area contributed by atoms with Gasteiger partial charge in [-0.3, -0.25) is 4.90 Å². The molecule has 9 nitrogen and oxygen atoms in total. The third-order valence-electron chi connectivity index (χ3n) is 10.3. The zero-order chi connectivity index (χ0) is 29.1. The molecule has 0 unspecified atom stereocenters. The van der Waals surface area contributed by atoms with Crippen molar-refractivity contribution in [2.45, 2.75) is 82.8 Å². The highest BCUT2D eigenvalue weighted by Crippen LogP contribution is 2.48. The molecule has 0 radical (unpaired) electrons. The SMILES string of the molecule is CC(C)[C@H](C1CC(NC2CC2)C1)N1CC2(CCN(c3ncnnc3Oc3ccc(F)cc3-c3cncnc3C3CC3)C2)C1. The molecule has 10 heteroatoms. The second-order valence-electron chi connectivity index (χ2n) is 14.1. The molecule has 0 amide bonds. The van der Waals surface area contributed by atoms with Crippen LogP contribution in [0.2, 0.25) is 0 Å². The molecule has 2 saturated heterocycles. The van der Waals surface area contributed by atoms with Gasteiger partial charge in [0.2, 0.25) is 0 Å². The highest BCUT2D eigenvalue weighted by Gasteiger charge is 2.53. The summed E-state index contributed by atoms with van der Waals surface area (Å²) in [6.07, 6.45) is 13.5. The first-order valence-electron chi connectivity index (χ1n) is 16.2. The minimum atomic E-state index is -0.335. The Balaban J connectivity index is 0.971. The van der Waals surface area contributed by atoms with Crippen molar-refractivity contribution in [3.05, 3.63) is 48.6 Å². The monoisotopic (exact) mass is 584 g/mol. The van der Waals surface area contributed by atoms with Crippen LogP contribution < -0.4 is 15.0 Å². The number of nitrogens with zero attached hydrogens (tertiary/aromatic N) is 7. The van der Waals surface area contributed by atoms with Crippen LogP contribution in [0.3, 0.4) is 0 Å². The Morgan fingerprint density at radius 1 is 1.00 bits per heavy atom. The lowest BCUT2D eigenvalue weighted by Crippen LogP contribution is -2.65. The number of hydrogen-bond donors (Lipinski definition) is 1. The van der Waals surface area contributed by atoms with Gasteiger partial charge in [-0.25, -0.2) is 19.3 Å². The zero-order valence-corrected chi connectivity index (χ0v) is 25.1. The lowest BCUT2D eigenvalue weighted by molar-refractivity contribution is -0.0690. The molecule has 3 saturated carbocycles. The number of aromatic nitrogens is 5. The summed E-state index contributed by atoms with van der Waals surface area (Å²) in [7, 11) is 0. The molecule has 5 fully saturated rings. The van der Waals surface area contributed by atoms with E-state index in [0.29, 0.717) is 40.9 Å². The Bertz CT molecular complexity index is 1480. The van der Waals surface area contributed by atoms with Crippen LogP contribution in [0.4, 0.5) is 10.2 Å². The van der Waals surface area contributed by atoms with Crippen LogP contribution in [0, 0.1) is 23.1 Å². The topological polar surface area (TPSA) is 92.2 Å². The summed E-state index contributed by atoms with van der Waals surface area (Å²) in [5.74, 6) is 3.05. The third-order valence-corrected chi connectivity index (χ3v) is 10.3. The highest BCUT2D eigenvalue weighted by molar-refractivity contribution is 5.73. The maximum absolute atomic E-state index is 14.5. The van der Waals surface area contributed by atoms with Crippen molar-refractivity contribution in [3.63, 3.8) is 0 Å². The van der Waals surface area contributed by atoms with E-state index < -0.39 is 0 Å². The zero-order valence-electron chi connectivity index (χ0n) is 25.1. The molecule has 3 aromatic rings. The molecule has 2 aromatic heterocycles. The Hall–Kier alpha value is -3.24. The molecule has 8 rings (SSSR count). The summed E-state index contributed by atoms with van der Waals surface area (Å²) < 4.78 is 20.9. The van der Waals surface area contributed by atoms with Crippen LogP contribution >= 0.6 is 0 Å². The first-order valence-corrected chi connectivity index (χ1v) is 16.2. The predicted molar refractivity (Wildman–Crippen MR) is 161 cm³/mol. The third kappa shape index (κ3) is 5.37.